The van der Waals surface area contributed by atoms with Gasteiger partial charge in [0.2, 0.25) is 0 Å². The molecule has 0 aromatic heterocycles. The van der Waals surface area contributed by atoms with Crippen molar-refractivity contribution >= 4 is 15.9 Å². The second-order valence-corrected chi connectivity index (χ2v) is 7.37. The average Bonchev–Trinajstić information content (AvgIpc) is 3.08. The van der Waals surface area contributed by atoms with Gasteiger partial charge in [0.25, 0.3) is 0 Å². The monoisotopic (exact) mass is 353 g/mol. The lowest BCUT2D eigenvalue weighted by atomic mass is 9.98. The average molecular weight is 354 g/mol. The Morgan fingerprint density at radius 3 is 2.86 bits per heavy atom. The van der Waals surface area contributed by atoms with E-state index in [9.17, 15) is 0 Å². The molecule has 1 aliphatic heterocycles. The molecule has 1 saturated heterocycles. The predicted octanol–water partition coefficient (Wildman–Crippen LogP) is 4.34. The Labute approximate surface area is 135 Å². The molecule has 1 aromatic carbocycles. The number of rotatable bonds is 4. The molecule has 21 heavy (non-hydrogen) atoms. The summed E-state index contributed by atoms with van der Waals surface area (Å²) < 4.78 is 13.3. The van der Waals surface area contributed by atoms with Gasteiger partial charge in [0.15, 0.2) is 0 Å². The van der Waals surface area contributed by atoms with E-state index in [1.54, 1.807) is 0 Å². The van der Waals surface area contributed by atoms with Gasteiger partial charge < -0.3 is 15.2 Å². The van der Waals surface area contributed by atoms with E-state index in [2.05, 4.69) is 15.9 Å². The summed E-state index contributed by atoms with van der Waals surface area (Å²) in [5.41, 5.74) is 7.25. The fourth-order valence-corrected chi connectivity index (χ4v) is 3.97. The number of nitrogens with two attached hydrogens (primary N) is 1. The molecule has 3 rings (SSSR count). The van der Waals surface area contributed by atoms with E-state index in [1.807, 2.05) is 25.1 Å². The van der Waals surface area contributed by atoms with E-state index in [-0.39, 0.29) is 17.7 Å². The van der Waals surface area contributed by atoms with E-state index in [0.29, 0.717) is 6.61 Å². The van der Waals surface area contributed by atoms with Crippen LogP contribution in [0.2, 0.25) is 0 Å². The normalized spacial score (nSPS) is 25.4. The Kier molecular flexibility index (Phi) is 4.57. The van der Waals surface area contributed by atoms with Crippen LogP contribution in [0.3, 0.4) is 0 Å². The van der Waals surface area contributed by atoms with Gasteiger partial charge in [0, 0.05) is 16.1 Å². The van der Waals surface area contributed by atoms with Crippen molar-refractivity contribution in [2.45, 2.75) is 63.2 Å². The zero-order valence-electron chi connectivity index (χ0n) is 12.6. The van der Waals surface area contributed by atoms with Crippen molar-refractivity contribution in [2.24, 2.45) is 5.73 Å². The van der Waals surface area contributed by atoms with Gasteiger partial charge in [-0.15, -0.1) is 0 Å². The summed E-state index contributed by atoms with van der Waals surface area (Å²) in [7, 11) is 0. The van der Waals surface area contributed by atoms with Crippen molar-refractivity contribution in [1.82, 2.24) is 0 Å². The maximum atomic E-state index is 6.29. The second-order valence-electron chi connectivity index (χ2n) is 6.45. The molecule has 0 radical (unpaired) electrons. The Hall–Kier alpha value is -0.580. The second kappa shape index (κ2) is 6.27. The zero-order chi connectivity index (χ0) is 14.9. The highest BCUT2D eigenvalue weighted by Crippen LogP contribution is 2.43. The summed E-state index contributed by atoms with van der Waals surface area (Å²) in [5, 5.41) is 0. The molecule has 0 amide bonds. The summed E-state index contributed by atoms with van der Waals surface area (Å²) in [6, 6.07) is 5.98. The summed E-state index contributed by atoms with van der Waals surface area (Å²) in [5.74, 6) is 0.879. The molecule has 0 bridgehead atoms. The number of hydrogen-bond acceptors (Lipinski definition) is 3. The van der Waals surface area contributed by atoms with Gasteiger partial charge in [-0.1, -0.05) is 28.8 Å². The third kappa shape index (κ3) is 3.43. The van der Waals surface area contributed by atoms with Crippen LogP contribution in [0.25, 0.3) is 0 Å². The summed E-state index contributed by atoms with van der Waals surface area (Å²) >= 11 is 3.49. The first kappa shape index (κ1) is 15.3. The predicted molar refractivity (Wildman–Crippen MR) is 87.5 cm³/mol. The van der Waals surface area contributed by atoms with Gasteiger partial charge in [-0.3, -0.25) is 0 Å². The fraction of sp³-hybridized carbons (Fsp3) is 0.647. The minimum atomic E-state index is -0.0387. The third-order valence-corrected chi connectivity index (χ3v) is 5.23. The van der Waals surface area contributed by atoms with Crippen LogP contribution in [0.4, 0.5) is 0 Å². The van der Waals surface area contributed by atoms with Gasteiger partial charge in [-0.25, -0.2) is 0 Å². The molecular weight excluding hydrogens is 330 g/mol. The molecule has 1 aromatic rings. The topological polar surface area (TPSA) is 44.5 Å². The SMILES string of the molecule is CC(N)c1cc(Br)ccc1OCC1CCC2(CCCC2)O1. The Balaban J connectivity index is 1.61. The van der Waals surface area contributed by atoms with Crippen LogP contribution in [0.1, 0.15) is 57.1 Å². The van der Waals surface area contributed by atoms with Crippen molar-refractivity contribution in [3.8, 4) is 5.75 Å². The van der Waals surface area contributed by atoms with E-state index in [0.717, 1.165) is 22.2 Å². The molecule has 3 nitrogen and oxygen atoms in total. The highest BCUT2D eigenvalue weighted by molar-refractivity contribution is 9.10. The molecular formula is C17H24BrNO2. The lowest BCUT2D eigenvalue weighted by Gasteiger charge is -2.24. The fourth-order valence-electron chi connectivity index (χ4n) is 3.59. The van der Waals surface area contributed by atoms with Crippen molar-refractivity contribution in [3.63, 3.8) is 0 Å². The van der Waals surface area contributed by atoms with Crippen molar-refractivity contribution in [2.75, 3.05) is 6.61 Å². The molecule has 2 atom stereocenters. The molecule has 1 saturated carbocycles. The molecule has 1 spiro atoms. The van der Waals surface area contributed by atoms with Crippen molar-refractivity contribution in [1.29, 1.82) is 0 Å². The van der Waals surface area contributed by atoms with Gasteiger partial charge in [0.05, 0.1) is 11.7 Å². The van der Waals surface area contributed by atoms with E-state index < -0.39 is 0 Å². The Morgan fingerprint density at radius 1 is 1.38 bits per heavy atom. The molecule has 1 heterocycles. The quantitative estimate of drug-likeness (QED) is 0.875. The van der Waals surface area contributed by atoms with E-state index in [4.69, 9.17) is 15.2 Å². The number of benzene rings is 1. The lowest BCUT2D eigenvalue weighted by Crippen LogP contribution is -2.27. The summed E-state index contributed by atoms with van der Waals surface area (Å²) in [6.45, 7) is 2.61. The van der Waals surface area contributed by atoms with Gasteiger partial charge in [0.1, 0.15) is 12.4 Å². The van der Waals surface area contributed by atoms with Crippen LogP contribution in [0.5, 0.6) is 5.75 Å². The van der Waals surface area contributed by atoms with Crippen LogP contribution in [0.15, 0.2) is 22.7 Å². The number of halogens is 1. The number of ether oxygens (including phenoxy) is 2. The highest BCUT2D eigenvalue weighted by atomic mass is 79.9. The summed E-state index contributed by atoms with van der Waals surface area (Å²) in [4.78, 5) is 0. The first-order valence-corrected chi connectivity index (χ1v) is 8.73. The lowest BCUT2D eigenvalue weighted by molar-refractivity contribution is -0.0509. The van der Waals surface area contributed by atoms with E-state index >= 15 is 0 Å². The van der Waals surface area contributed by atoms with Gasteiger partial charge in [-0.05, 0) is 50.8 Å². The van der Waals surface area contributed by atoms with E-state index in [1.165, 1.54) is 32.1 Å². The van der Waals surface area contributed by atoms with Crippen molar-refractivity contribution < 1.29 is 9.47 Å². The smallest absolute Gasteiger partial charge is 0.124 e. The van der Waals surface area contributed by atoms with Crippen LogP contribution in [-0.4, -0.2) is 18.3 Å². The van der Waals surface area contributed by atoms with Gasteiger partial charge >= 0.3 is 0 Å². The van der Waals surface area contributed by atoms with Crippen LogP contribution < -0.4 is 10.5 Å². The summed E-state index contributed by atoms with van der Waals surface area (Å²) in [6.07, 6.45) is 7.63. The third-order valence-electron chi connectivity index (χ3n) is 4.74. The first-order valence-electron chi connectivity index (χ1n) is 7.94. The zero-order valence-corrected chi connectivity index (χ0v) is 14.2. The standard InChI is InChI=1S/C17H24BrNO2/c1-12(19)15-10-13(18)4-5-16(15)20-11-14-6-9-17(21-14)7-2-3-8-17/h4-5,10,12,14H,2-3,6-9,11,19H2,1H3. The maximum absolute atomic E-state index is 6.29. The molecule has 2 N–H and O–H groups in total. The molecule has 2 fully saturated rings. The molecule has 4 heteroatoms. The molecule has 116 valence electrons. The molecule has 2 aliphatic rings. The van der Waals surface area contributed by atoms with Crippen LogP contribution in [-0.2, 0) is 4.74 Å². The van der Waals surface area contributed by atoms with Crippen LogP contribution in [0, 0.1) is 0 Å². The maximum Gasteiger partial charge on any atom is 0.124 e. The minimum absolute atomic E-state index is 0.0387. The molecule has 1 aliphatic carbocycles. The Bertz CT molecular complexity index is 498. The highest BCUT2D eigenvalue weighted by Gasteiger charge is 2.42. The van der Waals surface area contributed by atoms with Gasteiger partial charge in [-0.2, -0.15) is 0 Å². The first-order chi connectivity index (χ1) is 10.1. The van der Waals surface area contributed by atoms with Crippen LogP contribution >= 0.6 is 15.9 Å². The van der Waals surface area contributed by atoms with Crippen molar-refractivity contribution in [3.05, 3.63) is 28.2 Å². The largest absolute Gasteiger partial charge is 0.491 e. The Morgan fingerprint density at radius 2 is 2.14 bits per heavy atom. The number of hydrogen-bond donors (Lipinski definition) is 1. The molecule has 2 unspecified atom stereocenters. The minimum Gasteiger partial charge on any atom is -0.491 e.